The second kappa shape index (κ2) is 7.10. The molecule has 0 aromatic heterocycles. The van der Waals surface area contributed by atoms with Crippen molar-refractivity contribution in [3.8, 4) is 0 Å². The molecule has 0 saturated carbocycles. The summed E-state index contributed by atoms with van der Waals surface area (Å²) in [5.74, 6) is 0. The monoisotopic (exact) mass is 369 g/mol. The summed E-state index contributed by atoms with van der Waals surface area (Å²) in [4.78, 5) is 16.9. The predicted molar refractivity (Wildman–Crippen MR) is 105 cm³/mol. The Hall–Kier alpha value is -1.59. The van der Waals surface area contributed by atoms with Gasteiger partial charge < -0.3 is 19.9 Å². The van der Waals surface area contributed by atoms with Crippen LogP contribution in [0.2, 0.25) is 0 Å². The Labute approximate surface area is 162 Å². The van der Waals surface area contributed by atoms with Crippen LogP contribution in [0.25, 0.3) is 0 Å². The molecule has 5 heteroatoms. The number of hydrogen-bond acceptors (Lipinski definition) is 3. The van der Waals surface area contributed by atoms with Gasteiger partial charge in [0.1, 0.15) is 0 Å². The molecule has 0 bridgehead atoms. The SMILES string of the molecule is O=C(N1CCCC1)N1CCC2(CC1)CC(NC1CCOC1)c1ccccc12. The van der Waals surface area contributed by atoms with Gasteiger partial charge in [-0.25, -0.2) is 4.79 Å². The fraction of sp³-hybridized carbons (Fsp3) is 0.682. The molecule has 3 saturated heterocycles. The fourth-order valence-corrected chi connectivity index (χ4v) is 5.70. The smallest absolute Gasteiger partial charge is 0.319 e. The highest BCUT2D eigenvalue weighted by atomic mass is 16.5. The number of amides is 2. The Bertz CT molecular complexity index is 687. The largest absolute Gasteiger partial charge is 0.380 e. The van der Waals surface area contributed by atoms with E-state index >= 15 is 0 Å². The Balaban J connectivity index is 1.30. The number of rotatable bonds is 2. The molecule has 4 aliphatic rings. The Morgan fingerprint density at radius 2 is 1.81 bits per heavy atom. The van der Waals surface area contributed by atoms with Crippen molar-refractivity contribution in [3.05, 3.63) is 35.4 Å². The summed E-state index contributed by atoms with van der Waals surface area (Å²) in [6.45, 7) is 5.39. The molecule has 1 aromatic carbocycles. The maximum atomic E-state index is 12.8. The third-order valence-corrected chi connectivity index (χ3v) is 7.24. The third-order valence-electron chi connectivity index (χ3n) is 7.24. The van der Waals surface area contributed by atoms with Crippen LogP contribution in [0.15, 0.2) is 24.3 Å². The average Bonchev–Trinajstić information content (AvgIpc) is 3.45. The molecule has 5 rings (SSSR count). The van der Waals surface area contributed by atoms with Crippen LogP contribution in [0.1, 0.15) is 55.7 Å². The van der Waals surface area contributed by atoms with Crippen molar-refractivity contribution in [1.82, 2.24) is 15.1 Å². The predicted octanol–water partition coefficient (Wildman–Crippen LogP) is 3.06. The van der Waals surface area contributed by atoms with Gasteiger partial charge in [-0.3, -0.25) is 0 Å². The van der Waals surface area contributed by atoms with E-state index < -0.39 is 0 Å². The number of hydrogen-bond donors (Lipinski definition) is 1. The van der Waals surface area contributed by atoms with E-state index in [9.17, 15) is 4.79 Å². The molecule has 2 unspecified atom stereocenters. The molecule has 1 N–H and O–H groups in total. The van der Waals surface area contributed by atoms with Gasteiger partial charge in [-0.05, 0) is 49.7 Å². The second-order valence-corrected chi connectivity index (χ2v) is 8.82. The van der Waals surface area contributed by atoms with Crippen molar-refractivity contribution >= 4 is 6.03 Å². The summed E-state index contributed by atoms with van der Waals surface area (Å²) in [6.07, 6.45) is 6.77. The van der Waals surface area contributed by atoms with Crippen LogP contribution < -0.4 is 5.32 Å². The lowest BCUT2D eigenvalue weighted by Gasteiger charge is -2.41. The minimum absolute atomic E-state index is 0.232. The Morgan fingerprint density at radius 3 is 2.56 bits per heavy atom. The number of ether oxygens (including phenoxy) is 1. The molecule has 27 heavy (non-hydrogen) atoms. The first-order valence-electron chi connectivity index (χ1n) is 10.7. The fourth-order valence-electron chi connectivity index (χ4n) is 5.70. The highest BCUT2D eigenvalue weighted by Gasteiger charge is 2.46. The summed E-state index contributed by atoms with van der Waals surface area (Å²) in [5.41, 5.74) is 3.23. The molecule has 3 aliphatic heterocycles. The zero-order chi connectivity index (χ0) is 18.3. The average molecular weight is 370 g/mol. The van der Waals surface area contributed by atoms with Gasteiger partial charge in [-0.2, -0.15) is 0 Å². The Morgan fingerprint density at radius 1 is 1.07 bits per heavy atom. The molecule has 146 valence electrons. The first-order valence-corrected chi connectivity index (χ1v) is 10.7. The number of nitrogens with one attached hydrogen (secondary N) is 1. The maximum absolute atomic E-state index is 12.8. The number of piperidine rings is 1. The first-order chi connectivity index (χ1) is 13.3. The van der Waals surface area contributed by atoms with Crippen molar-refractivity contribution in [3.63, 3.8) is 0 Å². The highest BCUT2D eigenvalue weighted by Crippen LogP contribution is 2.51. The van der Waals surface area contributed by atoms with Gasteiger partial charge in [0, 0.05) is 50.3 Å². The molecule has 1 aliphatic carbocycles. The molecule has 3 heterocycles. The van der Waals surface area contributed by atoms with Gasteiger partial charge in [0.25, 0.3) is 0 Å². The topological polar surface area (TPSA) is 44.8 Å². The van der Waals surface area contributed by atoms with E-state index in [0.29, 0.717) is 12.1 Å². The zero-order valence-electron chi connectivity index (χ0n) is 16.2. The van der Waals surface area contributed by atoms with E-state index in [1.807, 2.05) is 4.90 Å². The van der Waals surface area contributed by atoms with Crippen LogP contribution in [0.3, 0.4) is 0 Å². The van der Waals surface area contributed by atoms with Gasteiger partial charge in [0.15, 0.2) is 0 Å². The van der Waals surface area contributed by atoms with Gasteiger partial charge >= 0.3 is 6.03 Å². The van der Waals surface area contributed by atoms with Crippen LogP contribution in [0, 0.1) is 0 Å². The number of nitrogens with zero attached hydrogens (tertiary/aromatic N) is 2. The number of carbonyl (C=O) groups excluding carboxylic acids is 1. The van der Waals surface area contributed by atoms with Gasteiger partial charge in [-0.1, -0.05) is 24.3 Å². The van der Waals surface area contributed by atoms with Gasteiger partial charge in [-0.15, -0.1) is 0 Å². The summed E-state index contributed by atoms with van der Waals surface area (Å²) < 4.78 is 5.57. The molecule has 1 aromatic rings. The van der Waals surface area contributed by atoms with Crippen LogP contribution >= 0.6 is 0 Å². The molecule has 0 radical (unpaired) electrons. The lowest BCUT2D eigenvalue weighted by molar-refractivity contribution is 0.127. The lowest BCUT2D eigenvalue weighted by atomic mass is 9.73. The van der Waals surface area contributed by atoms with E-state index in [1.165, 1.54) is 11.1 Å². The van der Waals surface area contributed by atoms with Crippen molar-refractivity contribution in [2.45, 2.75) is 56.0 Å². The van der Waals surface area contributed by atoms with Crippen LogP contribution in [-0.4, -0.2) is 61.3 Å². The zero-order valence-corrected chi connectivity index (χ0v) is 16.2. The lowest BCUT2D eigenvalue weighted by Crippen LogP contribution is -2.49. The molecular formula is C22H31N3O2. The van der Waals surface area contributed by atoms with E-state index in [1.54, 1.807) is 0 Å². The number of benzene rings is 1. The standard InChI is InChI=1S/C22H31N3O2/c26-21(24-10-3-4-11-24)25-12-8-22(9-13-25)15-20(23-17-7-14-27-16-17)18-5-1-2-6-19(18)22/h1-2,5-6,17,20,23H,3-4,7-16H2. The molecule has 1 spiro atoms. The van der Waals surface area contributed by atoms with Gasteiger partial charge in [0.05, 0.1) is 6.61 Å². The van der Waals surface area contributed by atoms with E-state index in [2.05, 4.69) is 34.5 Å². The van der Waals surface area contributed by atoms with Crippen molar-refractivity contribution in [2.24, 2.45) is 0 Å². The highest BCUT2D eigenvalue weighted by molar-refractivity contribution is 5.75. The molecular weight excluding hydrogens is 338 g/mol. The number of likely N-dealkylation sites (tertiary alicyclic amines) is 2. The second-order valence-electron chi connectivity index (χ2n) is 8.82. The van der Waals surface area contributed by atoms with Crippen LogP contribution in [-0.2, 0) is 10.2 Å². The number of fused-ring (bicyclic) bond motifs is 2. The van der Waals surface area contributed by atoms with Crippen molar-refractivity contribution < 1.29 is 9.53 Å². The van der Waals surface area contributed by atoms with Crippen LogP contribution in [0.4, 0.5) is 4.79 Å². The number of urea groups is 1. The summed E-state index contributed by atoms with van der Waals surface area (Å²) in [6, 6.07) is 10.2. The van der Waals surface area contributed by atoms with Crippen LogP contribution in [0.5, 0.6) is 0 Å². The normalized spacial score (nSPS) is 29.5. The summed E-state index contributed by atoms with van der Waals surface area (Å²) >= 11 is 0. The van der Waals surface area contributed by atoms with Gasteiger partial charge in [0.2, 0.25) is 0 Å². The quantitative estimate of drug-likeness (QED) is 0.871. The van der Waals surface area contributed by atoms with E-state index in [-0.39, 0.29) is 11.4 Å². The molecule has 5 nitrogen and oxygen atoms in total. The van der Waals surface area contributed by atoms with Crippen molar-refractivity contribution in [1.29, 1.82) is 0 Å². The summed E-state index contributed by atoms with van der Waals surface area (Å²) in [5, 5.41) is 3.87. The minimum atomic E-state index is 0.232. The van der Waals surface area contributed by atoms with E-state index in [4.69, 9.17) is 4.74 Å². The van der Waals surface area contributed by atoms with Crippen molar-refractivity contribution in [2.75, 3.05) is 39.4 Å². The molecule has 2 amide bonds. The molecule has 2 atom stereocenters. The Kier molecular flexibility index (Phi) is 4.60. The number of carbonyl (C=O) groups is 1. The maximum Gasteiger partial charge on any atom is 0.319 e. The summed E-state index contributed by atoms with van der Waals surface area (Å²) in [7, 11) is 0. The minimum Gasteiger partial charge on any atom is -0.380 e. The van der Waals surface area contributed by atoms with E-state index in [0.717, 1.165) is 77.9 Å². The third kappa shape index (κ3) is 3.15. The molecule has 3 fully saturated rings. The first kappa shape index (κ1) is 17.5.